The molecule has 2 N–H and O–H groups in total. The Hall–Kier alpha value is -1.19. The number of aliphatic hydroxyl groups excluding tert-OH is 1. The Bertz CT molecular complexity index is 631. The molecule has 0 bridgehead atoms. The van der Waals surface area contributed by atoms with E-state index in [1.54, 1.807) is 6.92 Å². The van der Waals surface area contributed by atoms with Crippen LogP contribution in [0.4, 0.5) is 13.2 Å². The Morgan fingerprint density at radius 1 is 1.45 bits per heavy atom. The van der Waals surface area contributed by atoms with Gasteiger partial charge in [-0.1, -0.05) is 13.3 Å². The summed E-state index contributed by atoms with van der Waals surface area (Å²) in [7, 11) is -3.98. The molecule has 5 nitrogen and oxygen atoms in total. The molecule has 1 aliphatic carbocycles. The van der Waals surface area contributed by atoms with Crippen molar-refractivity contribution in [3.63, 3.8) is 0 Å². The van der Waals surface area contributed by atoms with Crippen LogP contribution in [0.15, 0.2) is 23.2 Å². The van der Waals surface area contributed by atoms with Crippen LogP contribution in [0, 0.1) is 5.41 Å². The van der Waals surface area contributed by atoms with Crippen molar-refractivity contribution in [1.29, 1.82) is 0 Å². The zero-order valence-corrected chi connectivity index (χ0v) is 12.7. The van der Waals surface area contributed by atoms with Gasteiger partial charge in [0.2, 0.25) is 10.0 Å². The molecule has 0 aliphatic heterocycles. The lowest BCUT2D eigenvalue weighted by Gasteiger charge is -2.29. The number of hydrogen-bond donors (Lipinski definition) is 2. The quantitative estimate of drug-likeness (QED) is 0.879. The van der Waals surface area contributed by atoms with Crippen LogP contribution < -0.4 is 4.72 Å². The van der Waals surface area contributed by atoms with E-state index in [4.69, 9.17) is 0 Å². The Morgan fingerprint density at radius 2 is 2.14 bits per heavy atom. The molecule has 1 fully saturated rings. The van der Waals surface area contributed by atoms with Gasteiger partial charge in [0, 0.05) is 24.3 Å². The number of alkyl halides is 3. The van der Waals surface area contributed by atoms with Crippen LogP contribution in [0.1, 0.15) is 31.9 Å². The lowest BCUT2D eigenvalue weighted by atomic mass is 9.86. The largest absolute Gasteiger partial charge is 0.433 e. The minimum atomic E-state index is -4.61. The van der Waals surface area contributed by atoms with E-state index in [1.165, 1.54) is 0 Å². The Labute approximate surface area is 126 Å². The molecule has 22 heavy (non-hydrogen) atoms. The zero-order chi connectivity index (χ0) is 16.6. The number of nitrogens with zero attached hydrogens (tertiary/aromatic N) is 1. The van der Waals surface area contributed by atoms with E-state index in [1.807, 2.05) is 0 Å². The summed E-state index contributed by atoms with van der Waals surface area (Å²) in [6.45, 7) is 1.61. The van der Waals surface area contributed by atoms with Gasteiger partial charge in [0.1, 0.15) is 10.6 Å². The first-order valence-electron chi connectivity index (χ1n) is 6.75. The number of rotatable bonds is 4. The van der Waals surface area contributed by atoms with E-state index in [0.717, 1.165) is 12.5 Å². The van der Waals surface area contributed by atoms with Gasteiger partial charge in [0.05, 0.1) is 0 Å². The van der Waals surface area contributed by atoms with E-state index in [9.17, 15) is 26.7 Å². The lowest BCUT2D eigenvalue weighted by Crippen LogP contribution is -2.44. The third-order valence-corrected chi connectivity index (χ3v) is 5.53. The highest BCUT2D eigenvalue weighted by atomic mass is 32.2. The minimum Gasteiger partial charge on any atom is -0.396 e. The maximum absolute atomic E-state index is 12.4. The summed E-state index contributed by atoms with van der Waals surface area (Å²) >= 11 is 0. The van der Waals surface area contributed by atoms with Gasteiger partial charge in [-0.25, -0.2) is 13.1 Å². The van der Waals surface area contributed by atoms with Crippen molar-refractivity contribution in [3.05, 3.63) is 24.0 Å². The number of aliphatic hydroxyl groups is 1. The number of halogens is 3. The fraction of sp³-hybridized carbons (Fsp3) is 0.615. The average Bonchev–Trinajstić information content (AvgIpc) is 2.79. The molecule has 0 saturated heterocycles. The third-order valence-electron chi connectivity index (χ3n) is 4.08. The smallest absolute Gasteiger partial charge is 0.396 e. The standard InChI is InChI=1S/C13H17F3N2O3S/c1-12(8-19)6-2-3-10(12)18-22(20,21)9-4-5-11(17-7-9)13(14,15)16/h4-5,7,10,18-19H,2-3,6,8H2,1H3/t10-,12+/m1/s1. The highest BCUT2D eigenvalue weighted by Crippen LogP contribution is 2.38. The first-order chi connectivity index (χ1) is 10.1. The first kappa shape index (κ1) is 17.2. The third kappa shape index (κ3) is 3.41. The second-order valence-electron chi connectivity index (χ2n) is 5.76. The van der Waals surface area contributed by atoms with Crippen LogP contribution in [-0.2, 0) is 16.2 Å². The van der Waals surface area contributed by atoms with Gasteiger partial charge in [-0.3, -0.25) is 4.98 Å². The number of aromatic nitrogens is 1. The molecule has 124 valence electrons. The van der Waals surface area contributed by atoms with E-state index < -0.39 is 33.4 Å². The summed E-state index contributed by atoms with van der Waals surface area (Å²) < 4.78 is 64.2. The Balaban J connectivity index is 2.21. The molecule has 2 atom stereocenters. The summed E-state index contributed by atoms with van der Waals surface area (Å²) in [6.07, 6.45) is -1.89. The van der Waals surface area contributed by atoms with Crippen molar-refractivity contribution in [2.24, 2.45) is 5.41 Å². The lowest BCUT2D eigenvalue weighted by molar-refractivity contribution is -0.141. The first-order valence-corrected chi connectivity index (χ1v) is 8.23. The van der Waals surface area contributed by atoms with Crippen LogP contribution >= 0.6 is 0 Å². The van der Waals surface area contributed by atoms with Gasteiger partial charge < -0.3 is 5.11 Å². The van der Waals surface area contributed by atoms with Crippen molar-refractivity contribution in [2.75, 3.05) is 6.61 Å². The average molecular weight is 338 g/mol. The highest BCUT2D eigenvalue weighted by molar-refractivity contribution is 7.89. The molecule has 0 spiro atoms. The highest BCUT2D eigenvalue weighted by Gasteiger charge is 2.40. The molecule has 2 rings (SSSR count). The summed E-state index contributed by atoms with van der Waals surface area (Å²) in [5, 5.41) is 9.42. The van der Waals surface area contributed by atoms with Crippen LogP contribution in [0.2, 0.25) is 0 Å². The molecule has 0 amide bonds. The van der Waals surface area contributed by atoms with Crippen molar-refractivity contribution < 1.29 is 26.7 Å². The maximum Gasteiger partial charge on any atom is 0.433 e. The van der Waals surface area contributed by atoms with Gasteiger partial charge >= 0.3 is 6.18 Å². The van der Waals surface area contributed by atoms with Crippen molar-refractivity contribution in [3.8, 4) is 0 Å². The van der Waals surface area contributed by atoms with Gasteiger partial charge in [0.25, 0.3) is 0 Å². The van der Waals surface area contributed by atoms with Crippen LogP contribution in [0.5, 0.6) is 0 Å². The van der Waals surface area contributed by atoms with Crippen LogP contribution in [0.3, 0.4) is 0 Å². The minimum absolute atomic E-state index is 0.161. The summed E-state index contributed by atoms with van der Waals surface area (Å²) in [5.41, 5.74) is -1.71. The predicted octanol–water partition coefficient (Wildman–Crippen LogP) is 1.93. The fourth-order valence-corrected chi connectivity index (χ4v) is 3.94. The molecule has 1 saturated carbocycles. The molecule has 1 aliphatic rings. The summed E-state index contributed by atoms with van der Waals surface area (Å²) in [4.78, 5) is 2.83. The van der Waals surface area contributed by atoms with Crippen LogP contribution in [0.25, 0.3) is 0 Å². The van der Waals surface area contributed by atoms with Crippen molar-refractivity contribution >= 4 is 10.0 Å². The van der Waals surface area contributed by atoms with Gasteiger partial charge in [0.15, 0.2) is 0 Å². The molecule has 0 unspecified atom stereocenters. The topological polar surface area (TPSA) is 79.3 Å². The normalized spacial score (nSPS) is 26.3. The van der Waals surface area contributed by atoms with Crippen molar-refractivity contribution in [1.82, 2.24) is 9.71 Å². The molecular weight excluding hydrogens is 321 g/mol. The van der Waals surface area contributed by atoms with E-state index in [-0.39, 0.29) is 11.5 Å². The maximum atomic E-state index is 12.4. The second-order valence-corrected chi connectivity index (χ2v) is 7.47. The molecule has 1 aromatic heterocycles. The Kier molecular flexibility index (Phi) is 4.51. The molecule has 0 radical (unpaired) electrons. The van der Waals surface area contributed by atoms with E-state index >= 15 is 0 Å². The van der Waals surface area contributed by atoms with Gasteiger partial charge in [-0.2, -0.15) is 13.2 Å². The number of sulfonamides is 1. The Morgan fingerprint density at radius 3 is 2.64 bits per heavy atom. The van der Waals surface area contributed by atoms with E-state index in [0.29, 0.717) is 25.1 Å². The molecular formula is C13H17F3N2O3S. The van der Waals surface area contributed by atoms with Gasteiger partial charge in [-0.15, -0.1) is 0 Å². The van der Waals surface area contributed by atoms with Gasteiger partial charge in [-0.05, 0) is 25.0 Å². The number of nitrogens with one attached hydrogen (secondary N) is 1. The zero-order valence-electron chi connectivity index (χ0n) is 11.9. The monoisotopic (exact) mass is 338 g/mol. The SMILES string of the molecule is C[C@@]1(CO)CCC[C@H]1NS(=O)(=O)c1ccc(C(F)(F)F)nc1. The van der Waals surface area contributed by atoms with Crippen molar-refractivity contribution in [2.45, 2.75) is 43.3 Å². The van der Waals surface area contributed by atoms with Crippen LogP contribution in [-0.4, -0.2) is 31.2 Å². The summed E-state index contributed by atoms with van der Waals surface area (Å²) in [5.74, 6) is 0. The number of hydrogen-bond acceptors (Lipinski definition) is 4. The van der Waals surface area contributed by atoms with E-state index in [2.05, 4.69) is 9.71 Å². The fourth-order valence-electron chi connectivity index (χ4n) is 2.59. The molecule has 0 aromatic carbocycles. The molecule has 1 heterocycles. The second kappa shape index (κ2) is 5.78. The molecule has 9 heteroatoms. The molecule has 1 aromatic rings. The predicted molar refractivity (Wildman–Crippen MR) is 72.4 cm³/mol. The number of pyridine rings is 1. The summed E-state index contributed by atoms with van der Waals surface area (Å²) in [6, 6.07) is 1.06.